The highest BCUT2D eigenvalue weighted by Crippen LogP contribution is 2.31. The van der Waals surface area contributed by atoms with Crippen LogP contribution in [0.5, 0.6) is 5.75 Å². The second-order valence-electron chi connectivity index (χ2n) is 7.33. The van der Waals surface area contributed by atoms with Crippen molar-refractivity contribution >= 4 is 33.2 Å². The van der Waals surface area contributed by atoms with E-state index < -0.39 is 9.84 Å². The molecule has 4 rings (SSSR count). The third-order valence-electron chi connectivity index (χ3n) is 5.24. The average molecular weight is 458 g/mol. The van der Waals surface area contributed by atoms with Crippen molar-refractivity contribution in [3.05, 3.63) is 60.3 Å². The van der Waals surface area contributed by atoms with Crippen LogP contribution < -0.4 is 10.1 Å². The van der Waals surface area contributed by atoms with Gasteiger partial charge < -0.3 is 10.1 Å². The van der Waals surface area contributed by atoms with Crippen LogP contribution in [0.15, 0.2) is 59.5 Å². The quantitative estimate of drug-likeness (QED) is 0.565. The number of carbonyl (C=O) groups is 1. The van der Waals surface area contributed by atoms with Crippen LogP contribution in [0, 0.1) is 0 Å². The third-order valence-corrected chi connectivity index (χ3v) is 7.71. The Morgan fingerprint density at radius 3 is 2.61 bits per heavy atom. The topological polar surface area (TPSA) is 90.3 Å². The van der Waals surface area contributed by atoms with Gasteiger partial charge in [-0.3, -0.25) is 9.48 Å². The van der Waals surface area contributed by atoms with Crippen molar-refractivity contribution in [1.82, 2.24) is 9.78 Å². The Morgan fingerprint density at radius 2 is 1.97 bits per heavy atom. The molecule has 3 aromatic rings. The van der Waals surface area contributed by atoms with Gasteiger partial charge >= 0.3 is 0 Å². The molecule has 1 saturated heterocycles. The molecule has 0 aliphatic carbocycles. The van der Waals surface area contributed by atoms with E-state index in [4.69, 9.17) is 4.74 Å². The van der Waals surface area contributed by atoms with Crippen LogP contribution in [0.25, 0.3) is 11.3 Å². The number of aromatic nitrogens is 2. The van der Waals surface area contributed by atoms with Gasteiger partial charge in [0, 0.05) is 16.1 Å². The molecule has 0 saturated carbocycles. The van der Waals surface area contributed by atoms with Crippen molar-refractivity contribution in [3.8, 4) is 17.0 Å². The van der Waals surface area contributed by atoms with E-state index in [2.05, 4.69) is 10.4 Å². The van der Waals surface area contributed by atoms with Crippen LogP contribution in [0.1, 0.15) is 23.0 Å². The van der Waals surface area contributed by atoms with Crippen molar-refractivity contribution < 1.29 is 17.9 Å². The van der Waals surface area contributed by atoms with Gasteiger partial charge in [0.05, 0.1) is 30.4 Å². The highest BCUT2D eigenvalue weighted by molar-refractivity contribution is 7.98. The lowest BCUT2D eigenvalue weighted by Crippen LogP contribution is -2.16. The zero-order valence-corrected chi connectivity index (χ0v) is 18.9. The van der Waals surface area contributed by atoms with Crippen molar-refractivity contribution in [2.75, 3.05) is 30.2 Å². The minimum absolute atomic E-state index is 0.0225. The van der Waals surface area contributed by atoms with Crippen LogP contribution in [-0.4, -0.2) is 49.0 Å². The maximum atomic E-state index is 12.9. The minimum Gasteiger partial charge on any atom is -0.497 e. The summed E-state index contributed by atoms with van der Waals surface area (Å²) in [7, 11) is -1.51. The number of ether oxygens (including phenoxy) is 1. The van der Waals surface area contributed by atoms with E-state index in [0.29, 0.717) is 23.6 Å². The van der Waals surface area contributed by atoms with E-state index in [-0.39, 0.29) is 29.1 Å². The maximum Gasteiger partial charge on any atom is 0.276 e. The van der Waals surface area contributed by atoms with E-state index >= 15 is 0 Å². The Balaban J connectivity index is 1.68. The number of hydrogen-bond donors (Lipinski definition) is 1. The SMILES string of the molecule is COc1ccc(-c2cc(C(=O)Nc3cccc(SC)c3)nn2[C@H]2CCS(=O)(=O)C2)cc1. The molecule has 31 heavy (non-hydrogen) atoms. The number of methoxy groups -OCH3 is 1. The first-order chi connectivity index (χ1) is 14.9. The molecule has 1 aliphatic heterocycles. The summed E-state index contributed by atoms with van der Waals surface area (Å²) in [6.45, 7) is 0. The number of benzene rings is 2. The van der Waals surface area contributed by atoms with Gasteiger partial charge in [0.25, 0.3) is 5.91 Å². The molecule has 2 heterocycles. The fourth-order valence-corrected chi connectivity index (χ4v) is 5.78. The molecule has 0 radical (unpaired) electrons. The molecular formula is C22H23N3O4S2. The van der Waals surface area contributed by atoms with Crippen LogP contribution in [0.3, 0.4) is 0 Å². The van der Waals surface area contributed by atoms with E-state index in [1.54, 1.807) is 29.6 Å². The molecule has 1 aromatic heterocycles. The normalized spacial score (nSPS) is 17.4. The smallest absolute Gasteiger partial charge is 0.276 e. The van der Waals surface area contributed by atoms with Gasteiger partial charge in [0.15, 0.2) is 15.5 Å². The monoisotopic (exact) mass is 457 g/mol. The molecular weight excluding hydrogens is 434 g/mol. The third kappa shape index (κ3) is 4.77. The second-order valence-corrected chi connectivity index (χ2v) is 10.4. The molecule has 162 valence electrons. The van der Waals surface area contributed by atoms with Gasteiger partial charge in [0.2, 0.25) is 0 Å². The Bertz CT molecular complexity index is 1200. The van der Waals surface area contributed by atoms with Crippen LogP contribution >= 0.6 is 11.8 Å². The maximum absolute atomic E-state index is 12.9. The van der Waals surface area contributed by atoms with Crippen molar-refractivity contribution in [2.24, 2.45) is 0 Å². The molecule has 0 spiro atoms. The summed E-state index contributed by atoms with van der Waals surface area (Å²) in [5.74, 6) is 0.523. The van der Waals surface area contributed by atoms with Gasteiger partial charge in [-0.2, -0.15) is 5.10 Å². The summed E-state index contributed by atoms with van der Waals surface area (Å²) in [5.41, 5.74) is 2.46. The first-order valence-corrected chi connectivity index (χ1v) is 12.8. The van der Waals surface area contributed by atoms with E-state index in [1.807, 2.05) is 54.8 Å². The van der Waals surface area contributed by atoms with Gasteiger partial charge in [-0.25, -0.2) is 8.42 Å². The number of hydrogen-bond acceptors (Lipinski definition) is 6. The molecule has 0 bridgehead atoms. The highest BCUT2D eigenvalue weighted by atomic mass is 32.2. The lowest BCUT2D eigenvalue weighted by Gasteiger charge is -2.13. The summed E-state index contributed by atoms with van der Waals surface area (Å²) in [5, 5.41) is 7.40. The fourth-order valence-electron chi connectivity index (χ4n) is 3.63. The van der Waals surface area contributed by atoms with Crippen molar-refractivity contribution in [1.29, 1.82) is 0 Å². The first-order valence-electron chi connectivity index (χ1n) is 9.78. The average Bonchev–Trinajstić information content (AvgIpc) is 3.37. The Hall–Kier alpha value is -2.78. The molecule has 9 heteroatoms. The summed E-state index contributed by atoms with van der Waals surface area (Å²) < 4.78 is 31.0. The number of sulfone groups is 1. The van der Waals surface area contributed by atoms with Crippen molar-refractivity contribution in [2.45, 2.75) is 17.4 Å². The zero-order valence-electron chi connectivity index (χ0n) is 17.2. The molecule has 7 nitrogen and oxygen atoms in total. The predicted octanol–water partition coefficient (Wildman–Crippen LogP) is 3.89. The molecule has 1 aliphatic rings. The molecule has 1 atom stereocenters. The Morgan fingerprint density at radius 1 is 1.19 bits per heavy atom. The Kier molecular flexibility index (Phi) is 6.06. The number of nitrogens with zero attached hydrogens (tertiary/aromatic N) is 2. The largest absolute Gasteiger partial charge is 0.497 e. The lowest BCUT2D eigenvalue weighted by atomic mass is 10.1. The van der Waals surface area contributed by atoms with E-state index in [0.717, 1.165) is 10.5 Å². The predicted molar refractivity (Wildman–Crippen MR) is 123 cm³/mol. The summed E-state index contributed by atoms with van der Waals surface area (Å²) >= 11 is 1.59. The van der Waals surface area contributed by atoms with Gasteiger partial charge in [-0.1, -0.05) is 6.07 Å². The second kappa shape index (κ2) is 8.76. The standard InChI is InChI=1S/C22H23N3O4S2/c1-29-18-8-6-15(7-9-18)21-13-20(24-25(21)17-10-11-31(27,28)14-17)22(26)23-16-4-3-5-19(12-16)30-2/h3-9,12-13,17H,10-11,14H2,1-2H3,(H,23,26)/t17-/m0/s1. The number of thioether (sulfide) groups is 1. The summed E-state index contributed by atoms with van der Waals surface area (Å²) in [6.07, 6.45) is 2.45. The molecule has 1 N–H and O–H groups in total. The zero-order chi connectivity index (χ0) is 22.0. The molecule has 0 unspecified atom stereocenters. The molecule has 2 aromatic carbocycles. The van der Waals surface area contributed by atoms with Gasteiger partial charge in [-0.05, 0) is 61.2 Å². The summed E-state index contributed by atoms with van der Waals surface area (Å²) in [4.78, 5) is 14.0. The van der Waals surface area contributed by atoms with Crippen LogP contribution in [0.4, 0.5) is 5.69 Å². The number of carbonyl (C=O) groups excluding carboxylic acids is 1. The van der Waals surface area contributed by atoms with Gasteiger partial charge in [0.1, 0.15) is 5.75 Å². The first kappa shape index (κ1) is 21.5. The highest BCUT2D eigenvalue weighted by Gasteiger charge is 2.32. The minimum atomic E-state index is -3.10. The number of nitrogens with one attached hydrogen (secondary N) is 1. The Labute approximate surface area is 185 Å². The van der Waals surface area contributed by atoms with E-state index in [1.165, 1.54) is 0 Å². The number of rotatable bonds is 6. The van der Waals surface area contributed by atoms with Crippen LogP contribution in [0.2, 0.25) is 0 Å². The van der Waals surface area contributed by atoms with Crippen molar-refractivity contribution in [3.63, 3.8) is 0 Å². The molecule has 1 fully saturated rings. The molecule has 1 amide bonds. The van der Waals surface area contributed by atoms with E-state index in [9.17, 15) is 13.2 Å². The van der Waals surface area contributed by atoms with Crippen LogP contribution in [-0.2, 0) is 9.84 Å². The number of amides is 1. The lowest BCUT2D eigenvalue weighted by molar-refractivity contribution is 0.102. The fraction of sp³-hybridized carbons (Fsp3) is 0.273. The summed E-state index contributed by atoms with van der Waals surface area (Å²) in [6, 6.07) is 16.4. The number of anilines is 1. The van der Waals surface area contributed by atoms with Gasteiger partial charge in [-0.15, -0.1) is 11.8 Å².